The van der Waals surface area contributed by atoms with E-state index in [2.05, 4.69) is 31.9 Å². The molecule has 0 radical (unpaired) electrons. The summed E-state index contributed by atoms with van der Waals surface area (Å²) in [6, 6.07) is 8.31. The summed E-state index contributed by atoms with van der Waals surface area (Å²) in [6.45, 7) is 0. The highest BCUT2D eigenvalue weighted by atomic mass is 79.9. The van der Waals surface area contributed by atoms with Crippen LogP contribution in [0.25, 0.3) is 0 Å². The zero-order valence-electron chi connectivity index (χ0n) is 8.54. The minimum absolute atomic E-state index is 0.00741. The van der Waals surface area contributed by atoms with Crippen LogP contribution in [0, 0.1) is 5.82 Å². The summed E-state index contributed by atoms with van der Waals surface area (Å²) in [5.41, 5.74) is 0.666. The van der Waals surface area contributed by atoms with Gasteiger partial charge in [0.1, 0.15) is 5.82 Å². The Hall–Kier alpha value is -0.520. The molecule has 17 heavy (non-hydrogen) atoms. The Balaban J connectivity index is 2.21. The van der Waals surface area contributed by atoms with Gasteiger partial charge in [-0.1, -0.05) is 12.1 Å². The maximum atomic E-state index is 13.3. The van der Waals surface area contributed by atoms with Gasteiger partial charge in [-0.2, -0.15) is 0 Å². The number of benzene rings is 1. The molecule has 2 rings (SSSR count). The summed E-state index contributed by atoms with van der Waals surface area (Å²) < 4.78 is 14.6. The van der Waals surface area contributed by atoms with Gasteiger partial charge in [-0.3, -0.25) is 4.79 Å². The lowest BCUT2D eigenvalue weighted by atomic mass is 10.1. The molecule has 0 bridgehead atoms. The van der Waals surface area contributed by atoms with Crippen LogP contribution in [-0.4, -0.2) is 5.78 Å². The van der Waals surface area contributed by atoms with E-state index >= 15 is 0 Å². The predicted molar refractivity (Wildman–Crippen MR) is 74.2 cm³/mol. The van der Waals surface area contributed by atoms with Crippen LogP contribution in [0.2, 0.25) is 0 Å². The van der Waals surface area contributed by atoms with Gasteiger partial charge in [0.05, 0.1) is 13.1 Å². The van der Waals surface area contributed by atoms with E-state index in [9.17, 15) is 9.18 Å². The lowest BCUT2D eigenvalue weighted by Crippen LogP contribution is -2.02. The van der Waals surface area contributed by atoms with Gasteiger partial charge in [-0.15, -0.1) is 11.3 Å². The lowest BCUT2D eigenvalue weighted by Gasteiger charge is -2.03. The number of thiophene rings is 1. The fourth-order valence-corrected chi connectivity index (χ4v) is 3.14. The van der Waals surface area contributed by atoms with Crippen LogP contribution >= 0.6 is 43.2 Å². The molecular weight excluding hydrogens is 371 g/mol. The van der Waals surface area contributed by atoms with Gasteiger partial charge in [0.25, 0.3) is 0 Å². The van der Waals surface area contributed by atoms with E-state index in [0.717, 1.165) is 3.79 Å². The molecule has 1 aromatic heterocycles. The van der Waals surface area contributed by atoms with Crippen molar-refractivity contribution in [1.82, 2.24) is 0 Å². The molecule has 0 amide bonds. The first-order valence-corrected chi connectivity index (χ1v) is 7.19. The Morgan fingerprint density at radius 2 is 2.00 bits per heavy atom. The largest absolute Gasteiger partial charge is 0.293 e. The molecule has 1 aromatic carbocycles. The molecule has 0 saturated heterocycles. The van der Waals surface area contributed by atoms with Crippen molar-refractivity contribution in [3.05, 3.63) is 54.8 Å². The lowest BCUT2D eigenvalue weighted by molar-refractivity contribution is 0.0996. The highest BCUT2D eigenvalue weighted by molar-refractivity contribution is 9.11. The van der Waals surface area contributed by atoms with E-state index in [4.69, 9.17) is 0 Å². The van der Waals surface area contributed by atoms with Crippen molar-refractivity contribution in [2.75, 3.05) is 0 Å². The van der Waals surface area contributed by atoms with E-state index in [1.54, 1.807) is 18.2 Å². The highest BCUT2D eigenvalue weighted by Gasteiger charge is 2.13. The molecule has 0 spiro atoms. The fraction of sp³-hybridized carbons (Fsp3) is 0.0833. The Kier molecular flexibility index (Phi) is 4.12. The van der Waals surface area contributed by atoms with Gasteiger partial charge in [0.2, 0.25) is 0 Å². The average Bonchev–Trinajstić information content (AvgIpc) is 2.72. The minimum atomic E-state index is -0.345. The average molecular weight is 378 g/mol. The molecule has 0 aliphatic carbocycles. The van der Waals surface area contributed by atoms with Gasteiger partial charge in [-0.25, -0.2) is 4.39 Å². The van der Waals surface area contributed by atoms with Crippen LogP contribution in [0.3, 0.4) is 0 Å². The van der Waals surface area contributed by atoms with Crippen LogP contribution in [0.4, 0.5) is 4.39 Å². The second-order valence-corrected chi connectivity index (χ2v) is 6.67. The summed E-state index contributed by atoms with van der Waals surface area (Å²) in [7, 11) is 0. The summed E-state index contributed by atoms with van der Waals surface area (Å²) >= 11 is 7.85. The Morgan fingerprint density at radius 3 is 2.65 bits per heavy atom. The molecule has 5 heteroatoms. The quantitative estimate of drug-likeness (QED) is 0.699. The summed E-state index contributed by atoms with van der Waals surface area (Å²) in [5.74, 6) is -0.352. The Morgan fingerprint density at radius 1 is 1.24 bits per heavy atom. The molecule has 0 saturated carbocycles. The van der Waals surface area contributed by atoms with Gasteiger partial charge in [-0.05, 0) is 55.6 Å². The Labute approximate surface area is 119 Å². The van der Waals surface area contributed by atoms with Gasteiger partial charge in [0, 0.05) is 6.42 Å². The molecule has 0 N–H and O–H groups in total. The molecule has 1 nitrogen and oxygen atoms in total. The summed E-state index contributed by atoms with van der Waals surface area (Å²) in [4.78, 5) is 12.6. The van der Waals surface area contributed by atoms with Crippen molar-refractivity contribution < 1.29 is 9.18 Å². The standard InChI is InChI=1S/C12H7Br2FOS/c13-11-5-4-10(17-11)9(16)6-7-2-1-3-8(15)12(7)14/h1-5H,6H2. The molecule has 2 aromatic rings. The number of Topliss-reactive ketones (excluding diaryl/α,β-unsaturated/α-hetero) is 1. The fourth-order valence-electron chi connectivity index (χ4n) is 1.41. The van der Waals surface area contributed by atoms with Crippen molar-refractivity contribution in [3.63, 3.8) is 0 Å². The maximum absolute atomic E-state index is 13.3. The first-order chi connectivity index (χ1) is 8.08. The van der Waals surface area contributed by atoms with Gasteiger partial charge < -0.3 is 0 Å². The number of ketones is 1. The third-order valence-electron chi connectivity index (χ3n) is 2.23. The van der Waals surface area contributed by atoms with Crippen molar-refractivity contribution in [3.8, 4) is 0 Å². The molecule has 88 valence electrons. The number of carbonyl (C=O) groups is 1. The zero-order valence-corrected chi connectivity index (χ0v) is 12.5. The van der Waals surface area contributed by atoms with Crippen LogP contribution in [0.5, 0.6) is 0 Å². The van der Waals surface area contributed by atoms with E-state index in [0.29, 0.717) is 14.9 Å². The highest BCUT2D eigenvalue weighted by Crippen LogP contribution is 2.26. The number of hydrogen-bond donors (Lipinski definition) is 0. The first kappa shape index (κ1) is 12.9. The van der Waals surface area contributed by atoms with E-state index in [-0.39, 0.29) is 18.0 Å². The normalized spacial score (nSPS) is 10.5. The van der Waals surface area contributed by atoms with Crippen molar-refractivity contribution in [2.45, 2.75) is 6.42 Å². The van der Waals surface area contributed by atoms with Crippen molar-refractivity contribution in [1.29, 1.82) is 0 Å². The van der Waals surface area contributed by atoms with Crippen molar-refractivity contribution in [2.24, 2.45) is 0 Å². The molecule has 0 atom stereocenters. The topological polar surface area (TPSA) is 17.1 Å². The number of carbonyl (C=O) groups excluding carboxylic acids is 1. The number of hydrogen-bond acceptors (Lipinski definition) is 2. The monoisotopic (exact) mass is 376 g/mol. The molecular formula is C12H7Br2FOS. The van der Waals surface area contributed by atoms with E-state index in [1.807, 2.05) is 6.07 Å². The van der Waals surface area contributed by atoms with E-state index in [1.165, 1.54) is 17.4 Å². The minimum Gasteiger partial charge on any atom is -0.293 e. The van der Waals surface area contributed by atoms with Crippen molar-refractivity contribution >= 4 is 49.0 Å². The smallest absolute Gasteiger partial charge is 0.177 e. The second kappa shape index (κ2) is 5.42. The molecule has 1 heterocycles. The SMILES string of the molecule is O=C(Cc1cccc(F)c1Br)c1ccc(Br)s1. The number of rotatable bonds is 3. The van der Waals surface area contributed by atoms with Gasteiger partial charge in [0.15, 0.2) is 5.78 Å². The van der Waals surface area contributed by atoms with Crippen LogP contribution in [0.15, 0.2) is 38.6 Å². The number of halogens is 3. The zero-order chi connectivity index (χ0) is 12.4. The second-order valence-electron chi connectivity index (χ2n) is 3.42. The molecule has 0 unspecified atom stereocenters. The molecule has 0 fully saturated rings. The third-order valence-corrected chi connectivity index (χ3v) is 4.78. The summed E-state index contributed by atoms with van der Waals surface area (Å²) in [6.07, 6.45) is 0.200. The first-order valence-electron chi connectivity index (χ1n) is 4.79. The predicted octanol–water partition coefficient (Wildman–Crippen LogP) is 4.84. The van der Waals surface area contributed by atoms with Crippen LogP contribution in [0.1, 0.15) is 15.2 Å². The van der Waals surface area contributed by atoms with E-state index < -0.39 is 0 Å². The Bertz CT molecular complexity index is 565. The van der Waals surface area contributed by atoms with Crippen LogP contribution < -0.4 is 0 Å². The third kappa shape index (κ3) is 3.03. The molecule has 0 aliphatic heterocycles. The van der Waals surface area contributed by atoms with Crippen LogP contribution in [-0.2, 0) is 6.42 Å². The van der Waals surface area contributed by atoms with Gasteiger partial charge >= 0.3 is 0 Å². The maximum Gasteiger partial charge on any atom is 0.177 e. The molecule has 0 aliphatic rings. The summed E-state index contributed by atoms with van der Waals surface area (Å²) in [5, 5.41) is 0.